The van der Waals surface area contributed by atoms with E-state index >= 15 is 0 Å². The van der Waals surface area contributed by atoms with Gasteiger partial charge in [-0.25, -0.2) is 4.79 Å². The van der Waals surface area contributed by atoms with Crippen LogP contribution in [0.2, 0.25) is 0 Å². The molecule has 0 saturated carbocycles. The number of hydrogen-bond donors (Lipinski definition) is 4. The van der Waals surface area contributed by atoms with Crippen LogP contribution in [0.15, 0.2) is 0 Å². The molecule has 0 aliphatic rings. The number of carbonyl (C=O) groups is 4. The average molecular weight is 465 g/mol. The highest BCUT2D eigenvalue weighted by Crippen LogP contribution is 2.21. The minimum Gasteiger partial charge on any atom is -0.481 e. The minimum absolute atomic E-state index is 0.00511. The number of nitrogens with one attached hydrogen (secondary N) is 2. The van der Waals surface area contributed by atoms with E-state index in [4.69, 9.17) is 15.0 Å². The maximum absolute atomic E-state index is 11.9. The number of halogens is 3. The lowest BCUT2D eigenvalue weighted by Crippen LogP contribution is -2.31. The maximum Gasteiger partial charge on any atom is 0.490 e. The molecular formula is C16H27F3N2O6S2. The van der Waals surface area contributed by atoms with E-state index in [-0.39, 0.29) is 18.2 Å². The van der Waals surface area contributed by atoms with Gasteiger partial charge in [-0.1, -0.05) is 35.4 Å². The Balaban J connectivity index is 0. The van der Waals surface area contributed by atoms with Crippen LogP contribution >= 0.6 is 21.6 Å². The second kappa shape index (κ2) is 17.2. The molecule has 8 nitrogen and oxygen atoms in total. The molecule has 0 aliphatic carbocycles. The van der Waals surface area contributed by atoms with E-state index in [1.165, 1.54) is 10.8 Å². The normalized spacial score (nSPS) is 11.8. The summed E-state index contributed by atoms with van der Waals surface area (Å²) in [4.78, 5) is 41.4. The molecule has 0 spiro atoms. The molecule has 13 heteroatoms. The van der Waals surface area contributed by atoms with Gasteiger partial charge in [0.15, 0.2) is 0 Å². The average Bonchev–Trinajstić information content (AvgIpc) is 2.57. The fourth-order valence-corrected chi connectivity index (χ4v) is 3.82. The fraction of sp³-hybridized carbons (Fsp3) is 0.750. The SMILES string of the molecule is CC(C)C[C@H](CNC=O)CC(=O)NCCSSCCC(=O)O.O=C(O)C(F)(F)F. The smallest absolute Gasteiger partial charge is 0.481 e. The topological polar surface area (TPSA) is 133 Å². The third kappa shape index (κ3) is 22.5. The number of amides is 2. The minimum atomic E-state index is -5.08. The Labute approximate surface area is 175 Å². The number of rotatable bonds is 14. The second-order valence-electron chi connectivity index (χ2n) is 6.17. The van der Waals surface area contributed by atoms with E-state index in [9.17, 15) is 27.6 Å². The Morgan fingerprint density at radius 2 is 1.66 bits per heavy atom. The summed E-state index contributed by atoms with van der Waals surface area (Å²) >= 11 is 0. The molecule has 0 aromatic rings. The van der Waals surface area contributed by atoms with Crippen molar-refractivity contribution >= 4 is 45.8 Å². The Hall–Kier alpha value is -1.63. The Kier molecular flexibility index (Phi) is 17.6. The van der Waals surface area contributed by atoms with E-state index in [0.717, 1.165) is 12.2 Å². The predicted molar refractivity (Wildman–Crippen MR) is 105 cm³/mol. The molecule has 0 rings (SSSR count). The van der Waals surface area contributed by atoms with Gasteiger partial charge in [0.1, 0.15) is 0 Å². The summed E-state index contributed by atoms with van der Waals surface area (Å²) in [5.74, 6) is -1.60. The van der Waals surface area contributed by atoms with Crippen molar-refractivity contribution in [3.8, 4) is 0 Å². The number of carboxylic acids is 2. The molecule has 0 fully saturated rings. The largest absolute Gasteiger partial charge is 0.490 e. The fourth-order valence-electron chi connectivity index (χ4n) is 1.93. The molecule has 29 heavy (non-hydrogen) atoms. The lowest BCUT2D eigenvalue weighted by Gasteiger charge is -2.18. The first-order valence-electron chi connectivity index (χ1n) is 8.60. The lowest BCUT2D eigenvalue weighted by atomic mass is 9.94. The van der Waals surface area contributed by atoms with Gasteiger partial charge in [-0.2, -0.15) is 13.2 Å². The molecule has 4 N–H and O–H groups in total. The first kappa shape index (κ1) is 29.6. The molecule has 170 valence electrons. The Bertz CT molecular complexity index is 508. The number of hydrogen-bond acceptors (Lipinski definition) is 6. The number of carboxylic acid groups (broad SMARTS) is 2. The van der Waals surface area contributed by atoms with Gasteiger partial charge < -0.3 is 20.8 Å². The van der Waals surface area contributed by atoms with Crippen LogP contribution in [0.25, 0.3) is 0 Å². The van der Waals surface area contributed by atoms with Crippen molar-refractivity contribution in [1.29, 1.82) is 0 Å². The summed E-state index contributed by atoms with van der Waals surface area (Å²) in [6.45, 7) is 5.28. The summed E-state index contributed by atoms with van der Waals surface area (Å²) in [6.07, 6.45) is -2.95. The van der Waals surface area contributed by atoms with Crippen molar-refractivity contribution in [3.63, 3.8) is 0 Å². The summed E-state index contributed by atoms with van der Waals surface area (Å²) in [7, 11) is 3.06. The van der Waals surface area contributed by atoms with Crippen LogP contribution in [-0.4, -0.2) is 65.2 Å². The van der Waals surface area contributed by atoms with Gasteiger partial charge in [0.2, 0.25) is 12.3 Å². The van der Waals surface area contributed by atoms with Crippen LogP contribution in [-0.2, 0) is 19.2 Å². The number of alkyl halides is 3. The van der Waals surface area contributed by atoms with E-state index in [1.807, 2.05) is 0 Å². The van der Waals surface area contributed by atoms with Gasteiger partial charge in [0.25, 0.3) is 0 Å². The van der Waals surface area contributed by atoms with Gasteiger partial charge in [0, 0.05) is 31.0 Å². The van der Waals surface area contributed by atoms with Crippen LogP contribution in [0.3, 0.4) is 0 Å². The van der Waals surface area contributed by atoms with Gasteiger partial charge in [-0.3, -0.25) is 14.4 Å². The molecule has 0 saturated heterocycles. The molecule has 0 radical (unpaired) electrons. The van der Waals surface area contributed by atoms with Crippen LogP contribution in [0, 0.1) is 11.8 Å². The van der Waals surface area contributed by atoms with Crippen molar-refractivity contribution in [3.05, 3.63) is 0 Å². The van der Waals surface area contributed by atoms with Crippen molar-refractivity contribution in [1.82, 2.24) is 10.6 Å². The van der Waals surface area contributed by atoms with Crippen LogP contribution in [0.1, 0.15) is 33.1 Å². The van der Waals surface area contributed by atoms with Gasteiger partial charge in [-0.05, 0) is 18.3 Å². The van der Waals surface area contributed by atoms with Gasteiger partial charge in [-0.15, -0.1) is 0 Å². The highest BCUT2D eigenvalue weighted by molar-refractivity contribution is 8.76. The number of carbonyl (C=O) groups excluding carboxylic acids is 2. The van der Waals surface area contributed by atoms with Crippen molar-refractivity contribution < 1.29 is 42.6 Å². The summed E-state index contributed by atoms with van der Waals surface area (Å²) in [5.41, 5.74) is 0. The van der Waals surface area contributed by atoms with E-state index in [1.54, 1.807) is 10.8 Å². The van der Waals surface area contributed by atoms with Crippen LogP contribution in [0.4, 0.5) is 13.2 Å². The summed E-state index contributed by atoms with van der Waals surface area (Å²) in [5, 5.41) is 21.1. The molecule has 0 unspecified atom stereocenters. The van der Waals surface area contributed by atoms with Gasteiger partial charge in [0.05, 0.1) is 6.42 Å². The molecule has 0 bridgehead atoms. The third-order valence-electron chi connectivity index (χ3n) is 3.00. The summed E-state index contributed by atoms with van der Waals surface area (Å²) < 4.78 is 31.7. The molecule has 0 heterocycles. The van der Waals surface area contributed by atoms with Crippen molar-refractivity contribution in [2.75, 3.05) is 24.6 Å². The molecule has 0 aromatic carbocycles. The van der Waals surface area contributed by atoms with Crippen LogP contribution in [0.5, 0.6) is 0 Å². The summed E-state index contributed by atoms with van der Waals surface area (Å²) in [6, 6.07) is 0. The monoisotopic (exact) mass is 464 g/mol. The number of aliphatic carboxylic acids is 2. The molecular weight excluding hydrogens is 437 g/mol. The standard InChI is InChI=1S/C14H26N2O4S2.C2HF3O2/c1-11(2)7-12(9-15-10-17)8-13(18)16-4-6-22-21-5-3-14(19)20;3-2(4,5)1(6)7/h10-12H,3-9H2,1-2H3,(H,15,17)(H,16,18)(H,19,20);(H,6,7)/t12-;/m0./s1. The Morgan fingerprint density at radius 3 is 2.10 bits per heavy atom. The zero-order valence-corrected chi connectivity index (χ0v) is 17.8. The highest BCUT2D eigenvalue weighted by atomic mass is 33.1. The molecule has 0 aromatic heterocycles. The molecule has 0 aliphatic heterocycles. The van der Waals surface area contributed by atoms with E-state index < -0.39 is 18.1 Å². The first-order valence-corrected chi connectivity index (χ1v) is 11.1. The second-order valence-corrected chi connectivity index (χ2v) is 8.87. The zero-order chi connectivity index (χ0) is 22.9. The van der Waals surface area contributed by atoms with Gasteiger partial charge >= 0.3 is 18.1 Å². The molecule has 2 amide bonds. The van der Waals surface area contributed by atoms with E-state index in [2.05, 4.69) is 24.5 Å². The third-order valence-corrected chi connectivity index (χ3v) is 5.41. The van der Waals surface area contributed by atoms with Crippen molar-refractivity contribution in [2.24, 2.45) is 11.8 Å². The first-order chi connectivity index (χ1) is 13.4. The Morgan fingerprint density at radius 1 is 1.10 bits per heavy atom. The quantitative estimate of drug-likeness (QED) is 0.175. The highest BCUT2D eigenvalue weighted by Gasteiger charge is 2.38. The maximum atomic E-state index is 11.9. The van der Waals surface area contributed by atoms with E-state index in [0.29, 0.717) is 37.6 Å². The zero-order valence-electron chi connectivity index (χ0n) is 16.2. The van der Waals surface area contributed by atoms with Crippen LogP contribution < -0.4 is 10.6 Å². The molecule has 1 atom stereocenters. The van der Waals surface area contributed by atoms with Crippen molar-refractivity contribution in [2.45, 2.75) is 39.3 Å². The predicted octanol–water partition coefficient (Wildman–Crippen LogP) is 2.39. The lowest BCUT2D eigenvalue weighted by molar-refractivity contribution is -0.192.